The summed E-state index contributed by atoms with van der Waals surface area (Å²) in [6.45, 7) is 4.88. The minimum Gasteiger partial charge on any atom is -0.355 e. The smallest absolute Gasteiger partial charge is 0.227 e. The van der Waals surface area contributed by atoms with Crippen molar-refractivity contribution in [1.29, 1.82) is 0 Å². The van der Waals surface area contributed by atoms with Crippen LogP contribution in [0.25, 0.3) is 11.1 Å². The van der Waals surface area contributed by atoms with E-state index in [0.717, 1.165) is 23.6 Å². The van der Waals surface area contributed by atoms with Crippen molar-refractivity contribution in [2.45, 2.75) is 45.4 Å². The molecule has 0 bridgehead atoms. The van der Waals surface area contributed by atoms with Crippen LogP contribution in [-0.2, 0) is 4.79 Å². The SMILES string of the molecule is CC1CCC(CNC(=O)C(C)c2ccc(-c3ccccc3)c(F)c2)CC1. The van der Waals surface area contributed by atoms with Crippen molar-refractivity contribution in [1.82, 2.24) is 5.32 Å². The van der Waals surface area contributed by atoms with Gasteiger partial charge in [0.15, 0.2) is 0 Å². The Balaban J connectivity index is 1.61. The number of hydrogen-bond acceptors (Lipinski definition) is 1. The number of hydrogen-bond donors (Lipinski definition) is 1. The molecule has 3 rings (SSSR count). The van der Waals surface area contributed by atoms with Crippen molar-refractivity contribution in [2.24, 2.45) is 11.8 Å². The van der Waals surface area contributed by atoms with E-state index in [1.165, 1.54) is 31.7 Å². The van der Waals surface area contributed by atoms with Crippen molar-refractivity contribution in [3.63, 3.8) is 0 Å². The first-order valence-corrected chi connectivity index (χ1v) is 9.67. The average Bonchev–Trinajstić information content (AvgIpc) is 2.67. The van der Waals surface area contributed by atoms with E-state index in [-0.39, 0.29) is 17.6 Å². The van der Waals surface area contributed by atoms with Crippen LogP contribution in [0.15, 0.2) is 48.5 Å². The van der Waals surface area contributed by atoms with Gasteiger partial charge < -0.3 is 5.32 Å². The molecule has 2 aromatic rings. The fourth-order valence-corrected chi connectivity index (χ4v) is 3.74. The van der Waals surface area contributed by atoms with Crippen molar-refractivity contribution >= 4 is 5.91 Å². The summed E-state index contributed by atoms with van der Waals surface area (Å²) in [5, 5.41) is 3.07. The van der Waals surface area contributed by atoms with Gasteiger partial charge in [0.1, 0.15) is 5.82 Å². The summed E-state index contributed by atoms with van der Waals surface area (Å²) in [6.07, 6.45) is 4.89. The van der Waals surface area contributed by atoms with E-state index >= 15 is 0 Å². The van der Waals surface area contributed by atoms with Crippen LogP contribution in [0.5, 0.6) is 0 Å². The van der Waals surface area contributed by atoms with Crippen LogP contribution < -0.4 is 5.32 Å². The summed E-state index contributed by atoms with van der Waals surface area (Å²) in [5.74, 6) is 0.744. The van der Waals surface area contributed by atoms with Gasteiger partial charge in [0.2, 0.25) is 5.91 Å². The summed E-state index contributed by atoms with van der Waals surface area (Å²) in [7, 11) is 0. The number of carbonyl (C=O) groups excluding carboxylic acids is 1. The Kier molecular flexibility index (Phi) is 6.08. The highest BCUT2D eigenvalue weighted by atomic mass is 19.1. The van der Waals surface area contributed by atoms with E-state index < -0.39 is 0 Å². The Morgan fingerprint density at radius 3 is 2.46 bits per heavy atom. The molecule has 138 valence electrons. The van der Waals surface area contributed by atoms with Gasteiger partial charge in [-0.05, 0) is 48.8 Å². The molecule has 2 nitrogen and oxygen atoms in total. The van der Waals surface area contributed by atoms with Gasteiger partial charge in [-0.3, -0.25) is 4.79 Å². The van der Waals surface area contributed by atoms with Gasteiger partial charge in [-0.1, -0.05) is 62.2 Å². The first-order valence-electron chi connectivity index (χ1n) is 9.67. The van der Waals surface area contributed by atoms with E-state index in [9.17, 15) is 9.18 Å². The standard InChI is InChI=1S/C23H28FNO/c1-16-8-10-18(11-9-16)15-25-23(26)17(2)20-12-13-21(22(24)14-20)19-6-4-3-5-7-19/h3-7,12-14,16-18H,8-11,15H2,1-2H3,(H,25,26). The summed E-state index contributed by atoms with van der Waals surface area (Å²) < 4.78 is 14.5. The zero-order chi connectivity index (χ0) is 18.5. The van der Waals surface area contributed by atoms with Crippen molar-refractivity contribution < 1.29 is 9.18 Å². The fraction of sp³-hybridized carbons (Fsp3) is 0.435. The predicted molar refractivity (Wildman–Crippen MR) is 104 cm³/mol. The third-order valence-electron chi connectivity index (χ3n) is 5.67. The zero-order valence-electron chi connectivity index (χ0n) is 15.7. The molecule has 1 aliphatic carbocycles. The molecule has 1 unspecified atom stereocenters. The molecule has 1 fully saturated rings. The van der Waals surface area contributed by atoms with E-state index in [1.54, 1.807) is 6.07 Å². The zero-order valence-corrected chi connectivity index (χ0v) is 15.7. The lowest BCUT2D eigenvalue weighted by Gasteiger charge is -2.26. The molecule has 2 aromatic carbocycles. The van der Waals surface area contributed by atoms with Gasteiger partial charge >= 0.3 is 0 Å². The molecule has 3 heteroatoms. The third kappa shape index (κ3) is 4.51. The van der Waals surface area contributed by atoms with Gasteiger partial charge in [-0.15, -0.1) is 0 Å². The Morgan fingerprint density at radius 1 is 1.12 bits per heavy atom. The minimum absolute atomic E-state index is 0.0181. The lowest BCUT2D eigenvalue weighted by Crippen LogP contribution is -2.33. The first kappa shape index (κ1) is 18.6. The van der Waals surface area contributed by atoms with E-state index in [4.69, 9.17) is 0 Å². The van der Waals surface area contributed by atoms with Crippen LogP contribution in [0.1, 0.15) is 51.0 Å². The molecule has 0 saturated heterocycles. The molecule has 0 radical (unpaired) electrons. The monoisotopic (exact) mass is 353 g/mol. The summed E-state index contributed by atoms with van der Waals surface area (Å²) >= 11 is 0. The minimum atomic E-state index is -0.350. The second-order valence-electron chi connectivity index (χ2n) is 7.70. The van der Waals surface area contributed by atoms with Crippen LogP contribution >= 0.6 is 0 Å². The fourth-order valence-electron chi connectivity index (χ4n) is 3.74. The molecule has 1 N–H and O–H groups in total. The largest absolute Gasteiger partial charge is 0.355 e. The van der Waals surface area contributed by atoms with Crippen molar-refractivity contribution in [3.05, 3.63) is 59.9 Å². The molecule has 1 saturated carbocycles. The summed E-state index contributed by atoms with van der Waals surface area (Å²) in [5.41, 5.74) is 2.13. The van der Waals surface area contributed by atoms with Gasteiger partial charge in [0, 0.05) is 12.1 Å². The lowest BCUT2D eigenvalue weighted by molar-refractivity contribution is -0.122. The van der Waals surface area contributed by atoms with Crippen LogP contribution in [-0.4, -0.2) is 12.5 Å². The number of benzene rings is 2. The molecular formula is C23H28FNO. The van der Waals surface area contributed by atoms with Gasteiger partial charge in [0.25, 0.3) is 0 Å². The van der Waals surface area contributed by atoms with E-state index in [2.05, 4.69) is 12.2 Å². The second-order valence-corrected chi connectivity index (χ2v) is 7.70. The highest BCUT2D eigenvalue weighted by Gasteiger charge is 2.21. The first-order chi connectivity index (χ1) is 12.5. The Labute approximate surface area is 155 Å². The molecule has 0 aromatic heterocycles. The van der Waals surface area contributed by atoms with Crippen LogP contribution in [0.3, 0.4) is 0 Å². The van der Waals surface area contributed by atoms with Crippen molar-refractivity contribution in [2.75, 3.05) is 6.54 Å². The quantitative estimate of drug-likeness (QED) is 0.751. The number of rotatable bonds is 5. The van der Waals surface area contributed by atoms with Crippen LogP contribution in [0, 0.1) is 17.7 Å². The maximum atomic E-state index is 14.5. The average molecular weight is 353 g/mol. The molecule has 1 amide bonds. The van der Waals surface area contributed by atoms with Crippen LogP contribution in [0.2, 0.25) is 0 Å². The Bertz CT molecular complexity index is 735. The molecule has 0 spiro atoms. The molecule has 0 heterocycles. The second kappa shape index (κ2) is 8.48. The molecule has 1 atom stereocenters. The molecule has 1 aliphatic rings. The number of halogens is 1. The third-order valence-corrected chi connectivity index (χ3v) is 5.67. The molecule has 26 heavy (non-hydrogen) atoms. The number of amides is 1. The predicted octanol–water partition coefficient (Wildman–Crippen LogP) is 5.54. The maximum Gasteiger partial charge on any atom is 0.227 e. The summed E-state index contributed by atoms with van der Waals surface area (Å²) in [4.78, 5) is 12.5. The maximum absolute atomic E-state index is 14.5. The summed E-state index contributed by atoms with van der Waals surface area (Å²) in [6, 6.07) is 14.6. The van der Waals surface area contributed by atoms with Gasteiger partial charge in [0.05, 0.1) is 5.92 Å². The van der Waals surface area contributed by atoms with E-state index in [0.29, 0.717) is 11.5 Å². The highest BCUT2D eigenvalue weighted by molar-refractivity contribution is 5.83. The molecular weight excluding hydrogens is 325 g/mol. The number of carbonyl (C=O) groups is 1. The van der Waals surface area contributed by atoms with E-state index in [1.807, 2.05) is 43.3 Å². The highest BCUT2D eigenvalue weighted by Crippen LogP contribution is 2.28. The lowest BCUT2D eigenvalue weighted by atomic mass is 9.83. The number of nitrogens with one attached hydrogen (secondary N) is 1. The van der Waals surface area contributed by atoms with Crippen molar-refractivity contribution in [3.8, 4) is 11.1 Å². The normalized spacial score (nSPS) is 21.2. The Hall–Kier alpha value is -2.16. The topological polar surface area (TPSA) is 29.1 Å². The van der Waals surface area contributed by atoms with Gasteiger partial charge in [-0.2, -0.15) is 0 Å². The Morgan fingerprint density at radius 2 is 1.81 bits per heavy atom. The molecule has 0 aliphatic heterocycles. The van der Waals surface area contributed by atoms with Gasteiger partial charge in [-0.25, -0.2) is 4.39 Å². The van der Waals surface area contributed by atoms with Crippen LogP contribution in [0.4, 0.5) is 4.39 Å².